The number of alkyl halides is 3. The average Bonchev–Trinajstić information content (AvgIpc) is 3.28. The van der Waals surface area contributed by atoms with Crippen LogP contribution >= 0.6 is 0 Å². The number of rotatable bonds is 3. The number of aromatic nitrogens is 3. The maximum absolute atomic E-state index is 13.4. The number of carbonyl (C=O) groups excluding carboxylic acids is 1. The molecule has 0 spiro atoms. The highest BCUT2D eigenvalue weighted by Gasteiger charge is 2.35. The first kappa shape index (κ1) is 18.9. The van der Waals surface area contributed by atoms with Crippen LogP contribution < -0.4 is 4.90 Å². The van der Waals surface area contributed by atoms with Crippen molar-refractivity contribution in [3.63, 3.8) is 0 Å². The van der Waals surface area contributed by atoms with Gasteiger partial charge >= 0.3 is 6.18 Å². The van der Waals surface area contributed by atoms with Gasteiger partial charge in [0.05, 0.1) is 11.8 Å². The molecule has 1 aliphatic rings. The molecule has 0 bridgehead atoms. The third-order valence-corrected chi connectivity index (χ3v) is 4.60. The number of halogens is 3. The summed E-state index contributed by atoms with van der Waals surface area (Å²) < 4.78 is 45.0. The number of hydrogen-bond donors (Lipinski definition) is 0. The van der Waals surface area contributed by atoms with Crippen molar-refractivity contribution in [3.8, 4) is 11.4 Å². The van der Waals surface area contributed by atoms with Gasteiger partial charge in [-0.2, -0.15) is 13.2 Å². The summed E-state index contributed by atoms with van der Waals surface area (Å²) in [5.41, 5.74) is -0.118. The summed E-state index contributed by atoms with van der Waals surface area (Å²) in [4.78, 5) is 27.6. The van der Waals surface area contributed by atoms with Crippen LogP contribution in [0.1, 0.15) is 16.1 Å². The Morgan fingerprint density at radius 1 is 1.03 bits per heavy atom. The Kier molecular flexibility index (Phi) is 4.91. The summed E-state index contributed by atoms with van der Waals surface area (Å²) in [5.74, 6) is -0.0155. The van der Waals surface area contributed by atoms with Crippen molar-refractivity contribution in [2.75, 3.05) is 31.1 Å². The SMILES string of the molecule is O=C(c1ccoc1)N1CCN(c2cc(C(F)(F)F)nc(-c3ccncc3)n2)CC1. The summed E-state index contributed by atoms with van der Waals surface area (Å²) >= 11 is 0. The van der Waals surface area contributed by atoms with Crippen LogP contribution in [0.4, 0.5) is 19.0 Å². The average molecular weight is 403 g/mol. The lowest BCUT2D eigenvalue weighted by molar-refractivity contribution is -0.141. The number of hydrogen-bond acceptors (Lipinski definition) is 6. The second-order valence-corrected chi connectivity index (χ2v) is 6.46. The minimum absolute atomic E-state index is 0.0193. The lowest BCUT2D eigenvalue weighted by Crippen LogP contribution is -2.49. The quantitative estimate of drug-likeness (QED) is 0.669. The van der Waals surface area contributed by atoms with Crippen LogP contribution in [0.25, 0.3) is 11.4 Å². The van der Waals surface area contributed by atoms with E-state index in [9.17, 15) is 18.0 Å². The lowest BCUT2D eigenvalue weighted by Gasteiger charge is -2.35. The zero-order chi connectivity index (χ0) is 20.4. The molecular formula is C19H16F3N5O2. The van der Waals surface area contributed by atoms with E-state index in [0.717, 1.165) is 6.07 Å². The van der Waals surface area contributed by atoms with Gasteiger partial charge in [0.2, 0.25) is 0 Å². The molecule has 10 heteroatoms. The number of amides is 1. The van der Waals surface area contributed by atoms with Crippen molar-refractivity contribution in [2.45, 2.75) is 6.18 Å². The molecule has 150 valence electrons. The Labute approximate surface area is 163 Å². The highest BCUT2D eigenvalue weighted by Crippen LogP contribution is 2.32. The van der Waals surface area contributed by atoms with Gasteiger partial charge in [0.25, 0.3) is 5.91 Å². The van der Waals surface area contributed by atoms with Gasteiger partial charge < -0.3 is 14.2 Å². The standard InChI is InChI=1S/C19H16F3N5O2/c20-19(21,22)15-11-16(25-17(24-15)13-1-4-23-5-2-13)26-6-8-27(9-7-26)18(28)14-3-10-29-12-14/h1-5,10-12H,6-9H2. The molecule has 0 atom stereocenters. The molecule has 7 nitrogen and oxygen atoms in total. The predicted molar refractivity (Wildman–Crippen MR) is 97.1 cm³/mol. The maximum Gasteiger partial charge on any atom is 0.433 e. The van der Waals surface area contributed by atoms with Gasteiger partial charge in [-0.05, 0) is 18.2 Å². The molecule has 4 heterocycles. The number of furan rings is 1. The molecule has 0 unspecified atom stereocenters. The van der Waals surface area contributed by atoms with Crippen LogP contribution in [-0.4, -0.2) is 51.9 Å². The van der Waals surface area contributed by atoms with E-state index in [0.29, 0.717) is 37.3 Å². The summed E-state index contributed by atoms with van der Waals surface area (Å²) in [6, 6.07) is 5.63. The molecule has 29 heavy (non-hydrogen) atoms. The summed E-state index contributed by atoms with van der Waals surface area (Å²) in [7, 11) is 0. The van der Waals surface area contributed by atoms with Crippen molar-refractivity contribution in [1.29, 1.82) is 0 Å². The van der Waals surface area contributed by atoms with Gasteiger partial charge in [-0.3, -0.25) is 9.78 Å². The minimum Gasteiger partial charge on any atom is -0.472 e. The van der Waals surface area contributed by atoms with E-state index in [-0.39, 0.29) is 17.5 Å². The van der Waals surface area contributed by atoms with Crippen LogP contribution in [0.2, 0.25) is 0 Å². The van der Waals surface area contributed by atoms with E-state index in [1.54, 1.807) is 28.0 Å². The van der Waals surface area contributed by atoms with Crippen LogP contribution in [0.15, 0.2) is 53.6 Å². The van der Waals surface area contributed by atoms with Gasteiger partial charge in [0, 0.05) is 50.2 Å². The van der Waals surface area contributed by atoms with E-state index in [2.05, 4.69) is 15.0 Å². The molecule has 3 aromatic rings. The van der Waals surface area contributed by atoms with Crippen molar-refractivity contribution >= 4 is 11.7 Å². The first-order valence-electron chi connectivity index (χ1n) is 8.85. The first-order valence-corrected chi connectivity index (χ1v) is 8.85. The molecule has 0 aliphatic carbocycles. The minimum atomic E-state index is -4.60. The first-order chi connectivity index (χ1) is 13.9. The summed E-state index contributed by atoms with van der Waals surface area (Å²) in [6.07, 6.45) is 1.13. The molecule has 4 rings (SSSR count). The number of piperazine rings is 1. The van der Waals surface area contributed by atoms with Crippen LogP contribution in [0, 0.1) is 0 Å². The Balaban J connectivity index is 1.58. The fraction of sp³-hybridized carbons (Fsp3) is 0.263. The fourth-order valence-corrected chi connectivity index (χ4v) is 3.08. The van der Waals surface area contributed by atoms with E-state index in [1.165, 1.54) is 24.9 Å². The van der Waals surface area contributed by atoms with Crippen molar-refractivity contribution in [2.24, 2.45) is 0 Å². The third kappa shape index (κ3) is 4.05. The predicted octanol–water partition coefficient (Wildman–Crippen LogP) is 3.11. The number of anilines is 1. The molecular weight excluding hydrogens is 387 g/mol. The Hall–Kier alpha value is -3.43. The molecule has 0 saturated carbocycles. The molecule has 0 radical (unpaired) electrons. The highest BCUT2D eigenvalue weighted by molar-refractivity contribution is 5.94. The van der Waals surface area contributed by atoms with Crippen LogP contribution in [0.3, 0.4) is 0 Å². The third-order valence-electron chi connectivity index (χ3n) is 4.60. The maximum atomic E-state index is 13.4. The zero-order valence-corrected chi connectivity index (χ0v) is 15.1. The molecule has 1 fully saturated rings. The van der Waals surface area contributed by atoms with Crippen LogP contribution in [0.5, 0.6) is 0 Å². The largest absolute Gasteiger partial charge is 0.472 e. The number of carbonyl (C=O) groups is 1. The van der Waals surface area contributed by atoms with Gasteiger partial charge in [-0.15, -0.1) is 0 Å². The fourth-order valence-electron chi connectivity index (χ4n) is 3.08. The smallest absolute Gasteiger partial charge is 0.433 e. The Morgan fingerprint density at radius 2 is 1.76 bits per heavy atom. The second kappa shape index (κ2) is 7.53. The molecule has 1 amide bonds. The summed E-state index contributed by atoms with van der Waals surface area (Å²) in [6.45, 7) is 1.43. The number of nitrogens with zero attached hydrogens (tertiary/aromatic N) is 5. The Bertz CT molecular complexity index is 985. The van der Waals surface area contributed by atoms with E-state index in [1.807, 2.05) is 0 Å². The number of pyridine rings is 1. The molecule has 0 aromatic carbocycles. The van der Waals surface area contributed by atoms with Crippen molar-refractivity contribution in [3.05, 3.63) is 60.4 Å². The Morgan fingerprint density at radius 3 is 2.38 bits per heavy atom. The molecule has 1 aliphatic heterocycles. The highest BCUT2D eigenvalue weighted by atomic mass is 19.4. The van der Waals surface area contributed by atoms with Crippen molar-refractivity contribution in [1.82, 2.24) is 19.9 Å². The van der Waals surface area contributed by atoms with Crippen LogP contribution in [-0.2, 0) is 6.18 Å². The molecule has 3 aromatic heterocycles. The van der Waals surface area contributed by atoms with Gasteiger partial charge in [0.15, 0.2) is 11.5 Å². The van der Waals surface area contributed by atoms with Gasteiger partial charge in [-0.25, -0.2) is 9.97 Å². The molecule has 1 saturated heterocycles. The van der Waals surface area contributed by atoms with Gasteiger partial charge in [0.1, 0.15) is 12.1 Å². The van der Waals surface area contributed by atoms with Gasteiger partial charge in [-0.1, -0.05) is 0 Å². The topological polar surface area (TPSA) is 75.4 Å². The van der Waals surface area contributed by atoms with E-state index in [4.69, 9.17) is 4.42 Å². The zero-order valence-electron chi connectivity index (χ0n) is 15.1. The monoisotopic (exact) mass is 403 g/mol. The van der Waals surface area contributed by atoms with E-state index >= 15 is 0 Å². The lowest BCUT2D eigenvalue weighted by atomic mass is 10.2. The second-order valence-electron chi connectivity index (χ2n) is 6.46. The molecule has 0 N–H and O–H groups in total. The normalized spacial score (nSPS) is 14.9. The van der Waals surface area contributed by atoms with Crippen molar-refractivity contribution < 1.29 is 22.4 Å². The summed E-state index contributed by atoms with van der Waals surface area (Å²) in [5, 5.41) is 0. The van der Waals surface area contributed by atoms with E-state index < -0.39 is 11.9 Å².